The van der Waals surface area contributed by atoms with E-state index in [1.165, 1.54) is 6.33 Å². The first-order chi connectivity index (χ1) is 14.6. The minimum absolute atomic E-state index is 0.194. The fourth-order valence-electron chi connectivity index (χ4n) is 3.30. The van der Waals surface area contributed by atoms with E-state index in [0.717, 1.165) is 37.1 Å². The van der Waals surface area contributed by atoms with Crippen LogP contribution >= 0.6 is 11.3 Å². The normalized spacial score (nSPS) is 10.8. The maximum Gasteiger partial charge on any atom is 0.322 e. The number of nitrogens with one attached hydrogen (secondary N) is 1. The molecule has 0 aliphatic heterocycles. The summed E-state index contributed by atoms with van der Waals surface area (Å²) in [6.45, 7) is 8.30. The van der Waals surface area contributed by atoms with Crippen LogP contribution < -0.4 is 11.1 Å². The summed E-state index contributed by atoms with van der Waals surface area (Å²) >= 11 is 1.58. The number of nitrogen functional groups attached to an aromatic ring is 1. The van der Waals surface area contributed by atoms with Gasteiger partial charge in [0.05, 0.1) is 10.2 Å². The van der Waals surface area contributed by atoms with Crippen LogP contribution in [0.4, 0.5) is 16.3 Å². The van der Waals surface area contributed by atoms with Crippen LogP contribution in [0.1, 0.15) is 0 Å². The number of hydrogen-bond acceptors (Lipinski definition) is 5. The first-order valence-electron chi connectivity index (χ1n) is 9.41. The fraction of sp³-hybridized carbons (Fsp3) is 0.0870. The molecule has 0 unspecified atom stereocenters. The molecule has 2 aromatic carbocycles. The van der Waals surface area contributed by atoms with E-state index in [1.54, 1.807) is 28.4 Å². The smallest absolute Gasteiger partial charge is 0.322 e. The molecule has 0 saturated heterocycles. The van der Waals surface area contributed by atoms with Crippen LogP contribution in [-0.4, -0.2) is 34.0 Å². The molecule has 0 spiro atoms. The summed E-state index contributed by atoms with van der Waals surface area (Å²) < 4.78 is 1.99. The summed E-state index contributed by atoms with van der Waals surface area (Å²) in [5.41, 5.74) is 9.66. The summed E-state index contributed by atoms with van der Waals surface area (Å²) in [7, 11) is 0. The number of aromatic nitrogens is 2. The second-order valence-corrected chi connectivity index (χ2v) is 7.80. The van der Waals surface area contributed by atoms with Crippen LogP contribution in [0.5, 0.6) is 0 Å². The molecular formula is C23H21N5OS. The van der Waals surface area contributed by atoms with E-state index < -0.39 is 0 Å². The molecule has 6 nitrogen and oxygen atoms in total. The van der Waals surface area contributed by atoms with Gasteiger partial charge < -0.3 is 16.0 Å². The Morgan fingerprint density at radius 1 is 1.10 bits per heavy atom. The lowest BCUT2D eigenvalue weighted by atomic mass is 10.0. The molecule has 0 bridgehead atoms. The Kier molecular flexibility index (Phi) is 5.45. The molecule has 2 amide bonds. The van der Waals surface area contributed by atoms with Crippen molar-refractivity contribution in [3.05, 3.63) is 74.1 Å². The minimum Gasteiger partial charge on any atom is -0.382 e. The van der Waals surface area contributed by atoms with Crippen molar-refractivity contribution in [1.29, 1.82) is 0 Å². The first kappa shape index (κ1) is 19.6. The van der Waals surface area contributed by atoms with Crippen molar-refractivity contribution in [2.24, 2.45) is 0 Å². The van der Waals surface area contributed by atoms with Crippen molar-refractivity contribution in [3.63, 3.8) is 0 Å². The Bertz CT molecular complexity index is 1250. The number of nitrogens with zero attached hydrogens (tertiary/aromatic N) is 3. The summed E-state index contributed by atoms with van der Waals surface area (Å²) in [5.74, 6) is 0.496. The van der Waals surface area contributed by atoms with Gasteiger partial charge in [-0.2, -0.15) is 0 Å². The molecule has 0 aliphatic rings. The Balaban J connectivity index is 1.64. The van der Waals surface area contributed by atoms with Gasteiger partial charge in [-0.1, -0.05) is 36.4 Å². The van der Waals surface area contributed by atoms with Gasteiger partial charge in [-0.3, -0.25) is 0 Å². The van der Waals surface area contributed by atoms with Gasteiger partial charge in [-0.25, -0.2) is 14.8 Å². The van der Waals surface area contributed by atoms with Crippen molar-refractivity contribution in [2.75, 3.05) is 24.1 Å². The number of fused-ring (bicyclic) bond motifs is 3. The second-order valence-electron chi connectivity index (χ2n) is 6.74. The molecule has 0 saturated carbocycles. The predicted molar refractivity (Wildman–Crippen MR) is 126 cm³/mol. The van der Waals surface area contributed by atoms with E-state index in [4.69, 9.17) is 5.73 Å². The molecule has 0 aliphatic carbocycles. The van der Waals surface area contributed by atoms with Gasteiger partial charge in [0.25, 0.3) is 0 Å². The van der Waals surface area contributed by atoms with Gasteiger partial charge in [0.1, 0.15) is 12.1 Å². The highest BCUT2D eigenvalue weighted by Gasteiger charge is 2.13. The molecule has 150 valence electrons. The Hall–Kier alpha value is -3.71. The molecule has 0 radical (unpaired) electrons. The minimum atomic E-state index is -0.194. The maximum atomic E-state index is 12.5. The molecular weight excluding hydrogens is 394 g/mol. The van der Waals surface area contributed by atoms with Crippen LogP contribution in [0.3, 0.4) is 0 Å². The lowest BCUT2D eigenvalue weighted by Crippen LogP contribution is -2.35. The molecule has 0 fully saturated rings. The third-order valence-electron chi connectivity index (χ3n) is 4.71. The van der Waals surface area contributed by atoms with Crippen LogP contribution in [-0.2, 0) is 0 Å². The number of hydrogen-bond donors (Lipinski definition) is 2. The van der Waals surface area contributed by atoms with E-state index in [0.29, 0.717) is 18.9 Å². The molecule has 2 aromatic heterocycles. The summed E-state index contributed by atoms with van der Waals surface area (Å²) in [6.07, 6.45) is 4.87. The number of thiophene rings is 1. The number of carbonyl (C=O) groups is 1. The number of urea groups is 1. The quantitative estimate of drug-likeness (QED) is 0.419. The summed E-state index contributed by atoms with van der Waals surface area (Å²) in [5, 5.41) is 4.00. The Morgan fingerprint density at radius 3 is 2.63 bits per heavy atom. The molecule has 0 atom stereocenters. The predicted octanol–water partition coefficient (Wildman–Crippen LogP) is 5.30. The van der Waals surface area contributed by atoms with Gasteiger partial charge in [0, 0.05) is 28.9 Å². The van der Waals surface area contributed by atoms with Gasteiger partial charge in [-0.15, -0.1) is 24.5 Å². The Labute approximate surface area is 178 Å². The van der Waals surface area contributed by atoms with Crippen LogP contribution in [0, 0.1) is 0 Å². The fourth-order valence-corrected chi connectivity index (χ4v) is 4.40. The molecule has 4 aromatic rings. The van der Waals surface area contributed by atoms with E-state index in [-0.39, 0.29) is 6.03 Å². The number of amides is 2. The number of carbonyl (C=O) groups excluding carboxylic acids is 1. The monoisotopic (exact) mass is 415 g/mol. The van der Waals surface area contributed by atoms with Crippen LogP contribution in [0.2, 0.25) is 0 Å². The zero-order chi connectivity index (χ0) is 21.1. The van der Waals surface area contributed by atoms with Gasteiger partial charge in [0.2, 0.25) is 0 Å². The van der Waals surface area contributed by atoms with E-state index in [2.05, 4.69) is 46.6 Å². The zero-order valence-electron chi connectivity index (χ0n) is 16.3. The average Bonchev–Trinajstić information content (AvgIpc) is 3.13. The van der Waals surface area contributed by atoms with E-state index >= 15 is 0 Å². The van der Waals surface area contributed by atoms with Crippen LogP contribution in [0.15, 0.2) is 74.1 Å². The lowest BCUT2D eigenvalue weighted by molar-refractivity contribution is 0.222. The lowest BCUT2D eigenvalue weighted by Gasteiger charge is -2.20. The number of nitrogens with two attached hydrogens (primary N) is 1. The number of benzene rings is 2. The van der Waals surface area contributed by atoms with Crippen molar-refractivity contribution in [2.45, 2.75) is 0 Å². The highest BCUT2D eigenvalue weighted by molar-refractivity contribution is 7.26. The molecule has 7 heteroatoms. The second kappa shape index (κ2) is 8.34. The van der Waals surface area contributed by atoms with Crippen molar-refractivity contribution in [1.82, 2.24) is 14.9 Å². The molecule has 4 rings (SSSR count). The van der Waals surface area contributed by atoms with Crippen molar-refractivity contribution >= 4 is 49.2 Å². The third-order valence-corrected chi connectivity index (χ3v) is 5.88. The maximum absolute atomic E-state index is 12.5. The topological polar surface area (TPSA) is 84.1 Å². The van der Waals surface area contributed by atoms with Gasteiger partial charge in [-0.05, 0) is 29.3 Å². The van der Waals surface area contributed by atoms with Crippen LogP contribution in [0.25, 0.3) is 31.4 Å². The highest BCUT2D eigenvalue weighted by Crippen LogP contribution is 2.37. The highest BCUT2D eigenvalue weighted by atomic mass is 32.1. The van der Waals surface area contributed by atoms with Crippen molar-refractivity contribution < 1.29 is 4.79 Å². The van der Waals surface area contributed by atoms with Gasteiger partial charge in [0.15, 0.2) is 0 Å². The van der Waals surface area contributed by atoms with Crippen molar-refractivity contribution in [3.8, 4) is 11.1 Å². The largest absolute Gasteiger partial charge is 0.382 e. The van der Waals surface area contributed by atoms with E-state index in [9.17, 15) is 4.79 Å². The number of anilines is 2. The first-order valence-corrected chi connectivity index (χ1v) is 10.2. The molecule has 3 N–H and O–H groups in total. The SMILES string of the molecule is C=CCN(CC=C)C(=O)Nc1cccc(-c2ccc3c(c2)sc2c(N)ncnc23)c1. The van der Waals surface area contributed by atoms with Gasteiger partial charge >= 0.3 is 6.03 Å². The number of rotatable bonds is 6. The average molecular weight is 416 g/mol. The standard InChI is InChI=1S/C23H21N5OS/c1-3-10-28(11-4-2)23(29)27-17-7-5-6-15(12-17)16-8-9-18-19(13-16)30-21-20(18)25-14-26-22(21)24/h3-9,12-14H,1-2,10-11H2,(H,27,29)(H2,24,25,26). The molecule has 2 heterocycles. The third kappa shape index (κ3) is 3.75. The Morgan fingerprint density at radius 2 is 1.87 bits per heavy atom. The molecule has 30 heavy (non-hydrogen) atoms. The summed E-state index contributed by atoms with van der Waals surface area (Å²) in [4.78, 5) is 22.6. The summed E-state index contributed by atoms with van der Waals surface area (Å²) in [6, 6.07) is 13.8. The zero-order valence-corrected chi connectivity index (χ0v) is 17.2. The van der Waals surface area contributed by atoms with E-state index in [1.807, 2.05) is 24.3 Å².